The Hall–Kier alpha value is -1.97. The summed E-state index contributed by atoms with van der Waals surface area (Å²) in [6, 6.07) is 3.96. The van der Waals surface area contributed by atoms with Crippen molar-refractivity contribution in [3.05, 3.63) is 53.0 Å². The lowest BCUT2D eigenvalue weighted by Gasteiger charge is -2.31. The van der Waals surface area contributed by atoms with Crippen LogP contribution in [0.5, 0.6) is 0 Å². The summed E-state index contributed by atoms with van der Waals surface area (Å²) in [6.45, 7) is 6.65. The molecular weight excluding hydrogens is 262 g/mol. The van der Waals surface area contributed by atoms with Gasteiger partial charge in [-0.05, 0) is 44.7 Å². The Bertz CT molecular complexity index is 660. The Morgan fingerprint density at radius 1 is 1.29 bits per heavy atom. The zero-order chi connectivity index (χ0) is 14.9. The first kappa shape index (κ1) is 14.0. The average Bonchev–Trinajstić information content (AvgIpc) is 2.94. The number of allylic oxidation sites excluding steroid dienone is 2. The van der Waals surface area contributed by atoms with E-state index in [0.717, 1.165) is 36.5 Å². The molecule has 2 aromatic rings. The molecule has 0 N–H and O–H groups in total. The molecule has 0 bridgehead atoms. The van der Waals surface area contributed by atoms with Gasteiger partial charge in [-0.3, -0.25) is 4.98 Å². The topological polar surface area (TPSA) is 51.8 Å². The third kappa shape index (κ3) is 2.89. The van der Waals surface area contributed by atoms with Gasteiger partial charge in [0.15, 0.2) is 5.82 Å². The highest BCUT2D eigenvalue weighted by Crippen LogP contribution is 2.40. The molecule has 0 fully saturated rings. The van der Waals surface area contributed by atoms with Crippen molar-refractivity contribution in [3.8, 4) is 0 Å². The average molecular weight is 283 g/mol. The van der Waals surface area contributed by atoms with Gasteiger partial charge in [-0.25, -0.2) is 0 Å². The van der Waals surface area contributed by atoms with Gasteiger partial charge in [0, 0.05) is 18.8 Å². The van der Waals surface area contributed by atoms with Crippen molar-refractivity contribution in [2.45, 2.75) is 51.9 Å². The summed E-state index contributed by atoms with van der Waals surface area (Å²) in [6.07, 6.45) is 7.47. The number of hydrogen-bond acceptors (Lipinski definition) is 4. The summed E-state index contributed by atoms with van der Waals surface area (Å²) in [5, 5.41) is 4.15. The highest BCUT2D eigenvalue weighted by Gasteiger charge is 2.35. The zero-order valence-corrected chi connectivity index (χ0v) is 12.9. The lowest BCUT2D eigenvalue weighted by atomic mass is 9.73. The minimum Gasteiger partial charge on any atom is -0.339 e. The van der Waals surface area contributed by atoms with Gasteiger partial charge < -0.3 is 4.52 Å². The van der Waals surface area contributed by atoms with Crippen LogP contribution in [0.1, 0.15) is 57.3 Å². The van der Waals surface area contributed by atoms with E-state index in [2.05, 4.69) is 35.9 Å². The van der Waals surface area contributed by atoms with Gasteiger partial charge in [-0.2, -0.15) is 4.98 Å². The van der Waals surface area contributed by atoms with Crippen molar-refractivity contribution in [2.75, 3.05) is 0 Å². The van der Waals surface area contributed by atoms with E-state index < -0.39 is 0 Å². The largest absolute Gasteiger partial charge is 0.339 e. The summed E-state index contributed by atoms with van der Waals surface area (Å²) in [7, 11) is 0. The summed E-state index contributed by atoms with van der Waals surface area (Å²) in [5.74, 6) is 1.51. The zero-order valence-electron chi connectivity index (χ0n) is 12.9. The first-order valence-corrected chi connectivity index (χ1v) is 7.44. The first-order chi connectivity index (χ1) is 10.1. The Morgan fingerprint density at radius 2 is 2.14 bits per heavy atom. The van der Waals surface area contributed by atoms with Crippen LogP contribution in [0.25, 0.3) is 0 Å². The highest BCUT2D eigenvalue weighted by molar-refractivity contribution is 5.22. The van der Waals surface area contributed by atoms with Crippen LogP contribution in [0.15, 0.2) is 40.2 Å². The van der Waals surface area contributed by atoms with E-state index >= 15 is 0 Å². The maximum atomic E-state index is 5.56. The fraction of sp³-hybridized carbons (Fsp3) is 0.471. The van der Waals surface area contributed by atoms with Crippen molar-refractivity contribution in [3.63, 3.8) is 0 Å². The fourth-order valence-corrected chi connectivity index (χ4v) is 2.94. The molecule has 0 saturated carbocycles. The van der Waals surface area contributed by atoms with Crippen LogP contribution in [0.4, 0.5) is 0 Å². The minimum atomic E-state index is -0.0240. The van der Waals surface area contributed by atoms with Gasteiger partial charge >= 0.3 is 0 Å². The third-order valence-corrected chi connectivity index (χ3v) is 4.51. The van der Waals surface area contributed by atoms with Crippen molar-refractivity contribution in [1.29, 1.82) is 0 Å². The molecule has 0 aliphatic heterocycles. The number of aromatic nitrogens is 3. The molecule has 2 aromatic heterocycles. The predicted octanol–water partition coefficient (Wildman–Crippen LogP) is 3.83. The molecule has 1 atom stereocenters. The van der Waals surface area contributed by atoms with Crippen LogP contribution in [0.2, 0.25) is 0 Å². The van der Waals surface area contributed by atoms with Gasteiger partial charge in [0.05, 0.1) is 5.41 Å². The molecule has 1 unspecified atom stereocenters. The fourth-order valence-electron chi connectivity index (χ4n) is 2.94. The Balaban J connectivity index is 1.79. The summed E-state index contributed by atoms with van der Waals surface area (Å²) < 4.78 is 5.56. The number of pyridine rings is 1. The molecule has 4 nitrogen and oxygen atoms in total. The van der Waals surface area contributed by atoms with Gasteiger partial charge in [0.1, 0.15) is 0 Å². The monoisotopic (exact) mass is 283 g/mol. The molecule has 4 heteroatoms. The molecule has 0 spiro atoms. The van der Waals surface area contributed by atoms with E-state index in [1.807, 2.05) is 18.3 Å². The molecule has 2 heterocycles. The molecule has 3 rings (SSSR count). The second kappa shape index (κ2) is 5.43. The Morgan fingerprint density at radius 3 is 2.86 bits per heavy atom. The van der Waals surface area contributed by atoms with Gasteiger partial charge in [0.2, 0.25) is 5.89 Å². The maximum absolute atomic E-state index is 5.56. The molecule has 0 saturated heterocycles. The van der Waals surface area contributed by atoms with Gasteiger partial charge in [-0.15, -0.1) is 0 Å². The van der Waals surface area contributed by atoms with E-state index in [9.17, 15) is 0 Å². The lowest BCUT2D eigenvalue weighted by Crippen LogP contribution is -2.26. The summed E-state index contributed by atoms with van der Waals surface area (Å²) in [4.78, 5) is 8.75. The smallest absolute Gasteiger partial charge is 0.232 e. The standard InChI is InChI=1S/C17H21N3O/c1-12-6-7-17(3,10-13(12)2)16-19-15(20-21-16)9-14-5-4-8-18-11-14/h4-5,8,11H,6-7,9-10H2,1-3H3. The number of hydrogen-bond donors (Lipinski definition) is 0. The van der Waals surface area contributed by atoms with Crippen LogP contribution < -0.4 is 0 Å². The van der Waals surface area contributed by atoms with Crippen LogP contribution in [0.3, 0.4) is 0 Å². The minimum absolute atomic E-state index is 0.0240. The molecule has 0 aromatic carbocycles. The molecule has 0 amide bonds. The van der Waals surface area contributed by atoms with Crippen molar-refractivity contribution < 1.29 is 4.52 Å². The van der Waals surface area contributed by atoms with E-state index in [1.54, 1.807) is 6.20 Å². The first-order valence-electron chi connectivity index (χ1n) is 7.44. The molecule has 110 valence electrons. The summed E-state index contributed by atoms with van der Waals surface area (Å²) >= 11 is 0. The second-order valence-corrected chi connectivity index (χ2v) is 6.35. The number of nitrogens with zero attached hydrogens (tertiary/aromatic N) is 3. The highest BCUT2D eigenvalue weighted by atomic mass is 16.5. The number of rotatable bonds is 3. The molecule has 21 heavy (non-hydrogen) atoms. The van der Waals surface area contributed by atoms with Crippen molar-refractivity contribution in [1.82, 2.24) is 15.1 Å². The lowest BCUT2D eigenvalue weighted by molar-refractivity contribution is 0.268. The van der Waals surface area contributed by atoms with E-state index in [0.29, 0.717) is 6.42 Å². The van der Waals surface area contributed by atoms with E-state index in [4.69, 9.17) is 4.52 Å². The van der Waals surface area contributed by atoms with Gasteiger partial charge in [0.25, 0.3) is 0 Å². The van der Waals surface area contributed by atoms with Crippen LogP contribution in [-0.2, 0) is 11.8 Å². The van der Waals surface area contributed by atoms with Crippen LogP contribution in [0, 0.1) is 0 Å². The predicted molar refractivity (Wildman–Crippen MR) is 80.9 cm³/mol. The molecular formula is C17H21N3O. The maximum Gasteiger partial charge on any atom is 0.232 e. The Labute approximate surface area is 125 Å². The van der Waals surface area contributed by atoms with Gasteiger partial charge in [-0.1, -0.05) is 29.3 Å². The molecule has 1 aliphatic carbocycles. The van der Waals surface area contributed by atoms with E-state index in [-0.39, 0.29) is 5.41 Å². The molecule has 1 aliphatic rings. The Kier molecular flexibility index (Phi) is 3.62. The summed E-state index contributed by atoms with van der Waals surface area (Å²) in [5.41, 5.74) is 4.04. The molecule has 0 radical (unpaired) electrons. The van der Waals surface area contributed by atoms with Crippen molar-refractivity contribution >= 4 is 0 Å². The quantitative estimate of drug-likeness (QED) is 0.803. The van der Waals surface area contributed by atoms with Crippen LogP contribution >= 0.6 is 0 Å². The second-order valence-electron chi connectivity index (χ2n) is 6.35. The van der Waals surface area contributed by atoms with Crippen molar-refractivity contribution in [2.24, 2.45) is 0 Å². The third-order valence-electron chi connectivity index (χ3n) is 4.51. The van der Waals surface area contributed by atoms with E-state index in [1.165, 1.54) is 11.1 Å². The normalized spacial score (nSPS) is 22.6. The van der Waals surface area contributed by atoms with Crippen LogP contribution in [-0.4, -0.2) is 15.1 Å². The SMILES string of the molecule is CC1=C(C)CC(C)(c2nc(Cc3cccnc3)no2)CC1.